The fourth-order valence-electron chi connectivity index (χ4n) is 3.66. The number of carbonyl (C=O) groups excluding carboxylic acids is 1. The molecule has 0 aliphatic carbocycles. The number of carbonyl (C=O) groups is 1. The van der Waals surface area contributed by atoms with E-state index in [1.165, 1.54) is 5.56 Å². The molecule has 3 rings (SSSR count). The average Bonchev–Trinajstić information content (AvgIpc) is 3.11. The number of rotatable bonds is 9. The molecule has 1 fully saturated rings. The molecule has 2 aromatic rings. The Balaban J connectivity index is 0.00000385. The summed E-state index contributed by atoms with van der Waals surface area (Å²) < 4.78 is 7.17. The van der Waals surface area contributed by atoms with Crippen LogP contribution in [0.3, 0.4) is 0 Å². The second-order valence-corrected chi connectivity index (χ2v) is 8.07. The summed E-state index contributed by atoms with van der Waals surface area (Å²) in [4.78, 5) is 18.0. The van der Waals surface area contributed by atoms with Gasteiger partial charge in [-0.15, -0.1) is 34.2 Å². The summed E-state index contributed by atoms with van der Waals surface area (Å²) in [7, 11) is 3.61. The van der Waals surface area contributed by atoms with E-state index in [4.69, 9.17) is 15.5 Å². The fourth-order valence-corrected chi connectivity index (χ4v) is 3.66. The van der Waals surface area contributed by atoms with E-state index >= 15 is 0 Å². The van der Waals surface area contributed by atoms with Crippen LogP contribution in [0.4, 0.5) is 0 Å². The minimum atomic E-state index is -0.280. The van der Waals surface area contributed by atoms with Crippen LogP contribution >= 0.6 is 24.0 Å². The summed E-state index contributed by atoms with van der Waals surface area (Å²) in [5.41, 5.74) is 6.54. The van der Waals surface area contributed by atoms with E-state index < -0.39 is 0 Å². The molecule has 0 unspecified atom stereocenters. The van der Waals surface area contributed by atoms with Crippen LogP contribution in [0.5, 0.6) is 5.75 Å². The number of hydrogen-bond acceptors (Lipinski definition) is 6. The lowest BCUT2D eigenvalue weighted by molar-refractivity contribution is -0.119. The first-order chi connectivity index (χ1) is 15.4. The van der Waals surface area contributed by atoms with Crippen molar-refractivity contribution in [3.05, 3.63) is 41.5 Å². The van der Waals surface area contributed by atoms with Gasteiger partial charge in [-0.25, -0.2) is 4.99 Å². The molecule has 10 nitrogen and oxygen atoms in total. The van der Waals surface area contributed by atoms with E-state index in [2.05, 4.69) is 37.9 Å². The second kappa shape index (κ2) is 13.3. The third-order valence-corrected chi connectivity index (χ3v) is 5.73. The summed E-state index contributed by atoms with van der Waals surface area (Å²) in [6, 6.07) is 8.37. The van der Waals surface area contributed by atoms with Gasteiger partial charge in [0, 0.05) is 32.7 Å². The Kier molecular flexibility index (Phi) is 10.8. The monoisotopic (exact) mass is 570 g/mol. The molecule has 0 saturated carbocycles. The Labute approximate surface area is 212 Å². The molecule has 2 heterocycles. The number of guanidine groups is 1. The van der Waals surface area contributed by atoms with Gasteiger partial charge in [0.05, 0.1) is 13.7 Å². The molecule has 0 bridgehead atoms. The Morgan fingerprint density at radius 3 is 2.52 bits per heavy atom. The Bertz CT molecular complexity index is 908. The van der Waals surface area contributed by atoms with Crippen LogP contribution in [0.15, 0.2) is 29.3 Å². The van der Waals surface area contributed by atoms with Gasteiger partial charge in [0.1, 0.15) is 18.1 Å². The molecule has 0 atom stereocenters. The number of aromatic nitrogens is 3. The van der Waals surface area contributed by atoms with E-state index in [9.17, 15) is 4.79 Å². The lowest BCUT2D eigenvalue weighted by Gasteiger charge is -2.32. The highest BCUT2D eigenvalue weighted by Gasteiger charge is 2.21. The number of nitrogens with two attached hydrogens (primary N) is 1. The third kappa shape index (κ3) is 8.46. The summed E-state index contributed by atoms with van der Waals surface area (Å²) in [5.74, 6) is 3.01. The molecular weight excluding hydrogens is 535 g/mol. The maximum Gasteiger partial charge on any atom is 0.231 e. The van der Waals surface area contributed by atoms with Gasteiger partial charge in [-0.3, -0.25) is 9.69 Å². The van der Waals surface area contributed by atoms with E-state index in [1.807, 2.05) is 30.7 Å². The van der Waals surface area contributed by atoms with Crippen LogP contribution < -0.4 is 21.1 Å². The number of ether oxygens (including phenoxy) is 1. The molecule has 0 spiro atoms. The number of primary amides is 1. The quantitative estimate of drug-likeness (QED) is 0.234. The van der Waals surface area contributed by atoms with Crippen molar-refractivity contribution in [1.29, 1.82) is 0 Å². The van der Waals surface area contributed by atoms with Gasteiger partial charge in [0.25, 0.3) is 0 Å². The Hall–Kier alpha value is -2.41. The summed E-state index contributed by atoms with van der Waals surface area (Å²) in [6.45, 7) is 5.10. The summed E-state index contributed by atoms with van der Waals surface area (Å²) >= 11 is 0. The van der Waals surface area contributed by atoms with Crippen LogP contribution in [-0.4, -0.2) is 70.9 Å². The number of likely N-dealkylation sites (tertiary alicyclic amines) is 1. The number of nitrogens with zero attached hydrogens (tertiary/aromatic N) is 5. The number of methoxy groups -OCH3 is 1. The lowest BCUT2D eigenvalue weighted by atomic mass is 10.1. The SMILES string of the molecule is COc1ccc(CCNC(=NCc2nnc(C)n2C)NC2CCN(CC(N)=O)CC2)cc1.I. The van der Waals surface area contributed by atoms with Crippen molar-refractivity contribution in [2.75, 3.05) is 33.3 Å². The number of aryl methyl sites for hydroxylation is 1. The summed E-state index contributed by atoms with van der Waals surface area (Å²) in [5, 5.41) is 15.3. The largest absolute Gasteiger partial charge is 0.497 e. The van der Waals surface area contributed by atoms with Crippen LogP contribution in [-0.2, 0) is 24.8 Å². The zero-order valence-corrected chi connectivity index (χ0v) is 21.9. The molecular formula is C22H35IN8O2. The molecule has 1 aromatic carbocycles. The molecule has 182 valence electrons. The standard InChI is InChI=1S/C22H34N8O2.HI/c1-16-27-28-21(29(16)2)14-25-22(24-11-8-17-4-6-19(32-3)7-5-17)26-18-9-12-30(13-10-18)15-20(23)31;/h4-7,18H,8-15H2,1-3H3,(H2,23,31)(H2,24,25,26);1H. The van der Waals surface area contributed by atoms with Crippen molar-refractivity contribution < 1.29 is 9.53 Å². The van der Waals surface area contributed by atoms with Crippen molar-refractivity contribution in [3.8, 4) is 5.75 Å². The number of benzene rings is 1. The normalized spacial score (nSPS) is 15.1. The van der Waals surface area contributed by atoms with Crippen molar-refractivity contribution in [1.82, 2.24) is 30.3 Å². The number of aliphatic imine (C=N–C) groups is 1. The van der Waals surface area contributed by atoms with Gasteiger partial charge in [-0.2, -0.15) is 0 Å². The molecule has 1 amide bonds. The smallest absolute Gasteiger partial charge is 0.231 e. The average molecular weight is 570 g/mol. The van der Waals surface area contributed by atoms with Gasteiger partial charge in [0.15, 0.2) is 11.8 Å². The van der Waals surface area contributed by atoms with Crippen LogP contribution in [0.2, 0.25) is 0 Å². The number of hydrogen-bond donors (Lipinski definition) is 3. The van der Waals surface area contributed by atoms with E-state index in [-0.39, 0.29) is 35.9 Å². The second-order valence-electron chi connectivity index (χ2n) is 8.07. The molecule has 11 heteroatoms. The van der Waals surface area contributed by atoms with Crippen molar-refractivity contribution >= 4 is 35.8 Å². The first-order valence-corrected chi connectivity index (χ1v) is 11.0. The molecule has 1 saturated heterocycles. The third-order valence-electron chi connectivity index (χ3n) is 5.73. The first-order valence-electron chi connectivity index (χ1n) is 11.0. The van der Waals surface area contributed by atoms with Gasteiger partial charge in [0.2, 0.25) is 5.91 Å². The van der Waals surface area contributed by atoms with Crippen LogP contribution in [0.1, 0.15) is 30.1 Å². The minimum Gasteiger partial charge on any atom is -0.497 e. The van der Waals surface area contributed by atoms with E-state index in [0.717, 1.165) is 62.3 Å². The van der Waals surface area contributed by atoms with Crippen molar-refractivity contribution in [2.45, 2.75) is 38.8 Å². The molecule has 1 aliphatic heterocycles. The zero-order valence-electron chi connectivity index (χ0n) is 19.6. The number of nitrogens with one attached hydrogen (secondary N) is 2. The molecule has 4 N–H and O–H groups in total. The van der Waals surface area contributed by atoms with Crippen molar-refractivity contribution in [3.63, 3.8) is 0 Å². The van der Waals surface area contributed by atoms with E-state index in [0.29, 0.717) is 13.1 Å². The number of piperidine rings is 1. The highest BCUT2D eigenvalue weighted by atomic mass is 127. The molecule has 0 radical (unpaired) electrons. The van der Waals surface area contributed by atoms with Gasteiger partial charge in [-0.05, 0) is 43.9 Å². The maximum absolute atomic E-state index is 11.2. The predicted octanol–water partition coefficient (Wildman–Crippen LogP) is 0.978. The minimum absolute atomic E-state index is 0. The van der Waals surface area contributed by atoms with Crippen molar-refractivity contribution in [2.24, 2.45) is 17.8 Å². The van der Waals surface area contributed by atoms with Gasteiger partial charge < -0.3 is 25.7 Å². The van der Waals surface area contributed by atoms with E-state index in [1.54, 1.807) is 7.11 Å². The fraction of sp³-hybridized carbons (Fsp3) is 0.545. The molecule has 1 aromatic heterocycles. The highest BCUT2D eigenvalue weighted by Crippen LogP contribution is 2.12. The van der Waals surface area contributed by atoms with Gasteiger partial charge >= 0.3 is 0 Å². The number of amides is 1. The predicted molar refractivity (Wildman–Crippen MR) is 139 cm³/mol. The number of halogens is 1. The topological polar surface area (TPSA) is 123 Å². The molecule has 33 heavy (non-hydrogen) atoms. The first kappa shape index (κ1) is 26.8. The lowest BCUT2D eigenvalue weighted by Crippen LogP contribution is -2.50. The Morgan fingerprint density at radius 1 is 1.24 bits per heavy atom. The zero-order chi connectivity index (χ0) is 22.9. The van der Waals surface area contributed by atoms with Crippen LogP contribution in [0, 0.1) is 6.92 Å². The maximum atomic E-state index is 11.2. The highest BCUT2D eigenvalue weighted by molar-refractivity contribution is 14.0. The van der Waals surface area contributed by atoms with Crippen LogP contribution in [0.25, 0.3) is 0 Å². The Morgan fingerprint density at radius 2 is 1.94 bits per heavy atom. The molecule has 1 aliphatic rings. The van der Waals surface area contributed by atoms with Gasteiger partial charge in [-0.1, -0.05) is 12.1 Å². The summed E-state index contributed by atoms with van der Waals surface area (Å²) in [6.07, 6.45) is 2.72.